The molecule has 0 saturated carbocycles. The van der Waals surface area contributed by atoms with Gasteiger partial charge in [0.15, 0.2) is 0 Å². The van der Waals surface area contributed by atoms with Gasteiger partial charge in [-0.25, -0.2) is 0 Å². The minimum absolute atomic E-state index is 0.113. The Morgan fingerprint density at radius 3 is 0.862 bits per heavy atom. The van der Waals surface area contributed by atoms with E-state index in [9.17, 15) is 0 Å². The van der Waals surface area contributed by atoms with Gasteiger partial charge in [-0.1, -0.05) is 177 Å². The molecule has 0 spiro atoms. The fraction of sp³-hybridized carbons (Fsp3) is 0.207. The molecule has 282 valence electrons. The van der Waals surface area contributed by atoms with E-state index in [2.05, 4.69) is 213 Å². The molecule has 7 aromatic carbocycles. The normalized spacial score (nSPS) is 18.6. The van der Waals surface area contributed by atoms with E-state index in [4.69, 9.17) is 0 Å². The Kier molecular flexibility index (Phi) is 7.16. The third-order valence-corrected chi connectivity index (χ3v) is 14.7. The predicted molar refractivity (Wildman–Crippen MR) is 251 cm³/mol. The number of allylic oxidation sites excluding steroid dienone is 4. The van der Waals surface area contributed by atoms with Crippen LogP contribution in [0.1, 0.15) is 122 Å². The quantitative estimate of drug-likeness (QED) is 0.157. The molecule has 0 nitrogen and oxygen atoms in total. The second-order valence-corrected chi connectivity index (χ2v) is 19.4. The first-order valence-corrected chi connectivity index (χ1v) is 21.1. The standard InChI is InChI=1S/C58H50/c1-55(2)45-21-13-9-17-35(45)31-49(55)39-25-27-41-43(29-39)53(51-33-37-19-11-15-23-47(37)57(51,5)6)42-28-26-40(50-32-36-18-10-14-22-46(36)56(50,3)4)30-44(42)54(41)52-34-38-20-12-16-24-48(38)58(52,7)8/h9-34H,1-8H3. The van der Waals surface area contributed by atoms with Crippen LogP contribution in [0.4, 0.5) is 0 Å². The minimum Gasteiger partial charge on any atom is -0.0619 e. The number of rotatable bonds is 4. The first kappa shape index (κ1) is 35.2. The average Bonchev–Trinajstić information content (AvgIpc) is 3.85. The first-order valence-electron chi connectivity index (χ1n) is 21.1. The molecule has 0 N–H and O–H groups in total. The first-order chi connectivity index (χ1) is 27.8. The van der Waals surface area contributed by atoms with Crippen LogP contribution >= 0.6 is 0 Å². The van der Waals surface area contributed by atoms with Crippen LogP contribution in [0.2, 0.25) is 0 Å². The molecule has 0 heteroatoms. The van der Waals surface area contributed by atoms with Crippen molar-refractivity contribution in [2.75, 3.05) is 0 Å². The second-order valence-electron chi connectivity index (χ2n) is 19.4. The van der Waals surface area contributed by atoms with Crippen molar-refractivity contribution in [3.63, 3.8) is 0 Å². The summed E-state index contributed by atoms with van der Waals surface area (Å²) >= 11 is 0. The fourth-order valence-electron chi connectivity index (χ4n) is 11.5. The Morgan fingerprint density at radius 1 is 0.276 bits per heavy atom. The molecule has 0 unspecified atom stereocenters. The van der Waals surface area contributed by atoms with Crippen molar-refractivity contribution >= 4 is 68.1 Å². The highest BCUT2D eigenvalue weighted by Crippen LogP contribution is 2.57. The van der Waals surface area contributed by atoms with Crippen LogP contribution in [0, 0.1) is 0 Å². The fourth-order valence-corrected chi connectivity index (χ4v) is 11.5. The summed E-state index contributed by atoms with van der Waals surface area (Å²) in [5.41, 5.74) is 21.1. The average molecular weight is 747 g/mol. The summed E-state index contributed by atoms with van der Waals surface area (Å²) in [5, 5.41) is 5.29. The lowest BCUT2D eigenvalue weighted by molar-refractivity contribution is 0.703. The van der Waals surface area contributed by atoms with Crippen molar-refractivity contribution in [3.05, 3.63) is 200 Å². The van der Waals surface area contributed by atoms with Gasteiger partial charge in [-0.15, -0.1) is 0 Å². The maximum Gasteiger partial charge on any atom is 0.0159 e. The highest BCUT2D eigenvalue weighted by atomic mass is 14.4. The van der Waals surface area contributed by atoms with Crippen molar-refractivity contribution < 1.29 is 0 Å². The van der Waals surface area contributed by atoms with Gasteiger partial charge in [0.1, 0.15) is 0 Å². The summed E-state index contributed by atoms with van der Waals surface area (Å²) in [6.45, 7) is 19.3. The lowest BCUT2D eigenvalue weighted by Crippen LogP contribution is -2.19. The number of benzene rings is 7. The van der Waals surface area contributed by atoms with Gasteiger partial charge in [0.05, 0.1) is 0 Å². The van der Waals surface area contributed by atoms with Crippen LogP contribution in [-0.4, -0.2) is 0 Å². The smallest absolute Gasteiger partial charge is 0.0159 e. The van der Waals surface area contributed by atoms with E-state index in [1.165, 1.54) is 111 Å². The molecule has 58 heavy (non-hydrogen) atoms. The zero-order chi connectivity index (χ0) is 39.9. The number of hydrogen-bond acceptors (Lipinski definition) is 0. The van der Waals surface area contributed by atoms with Crippen LogP contribution < -0.4 is 0 Å². The largest absolute Gasteiger partial charge is 0.0619 e. The topological polar surface area (TPSA) is 0 Å². The van der Waals surface area contributed by atoms with Gasteiger partial charge in [0.25, 0.3) is 0 Å². The lowest BCUT2D eigenvalue weighted by Gasteiger charge is -2.32. The van der Waals surface area contributed by atoms with E-state index in [1.54, 1.807) is 0 Å². The zero-order valence-corrected chi connectivity index (χ0v) is 35.0. The van der Waals surface area contributed by atoms with Gasteiger partial charge in [-0.3, -0.25) is 0 Å². The Bertz CT molecular complexity index is 2880. The van der Waals surface area contributed by atoms with E-state index < -0.39 is 0 Å². The predicted octanol–water partition coefficient (Wildman–Crippen LogP) is 15.3. The summed E-state index contributed by atoms with van der Waals surface area (Å²) in [6.07, 6.45) is 9.86. The highest BCUT2D eigenvalue weighted by molar-refractivity contribution is 6.22. The summed E-state index contributed by atoms with van der Waals surface area (Å²) in [6, 6.07) is 50.8. The van der Waals surface area contributed by atoms with E-state index >= 15 is 0 Å². The van der Waals surface area contributed by atoms with Crippen LogP contribution in [0.5, 0.6) is 0 Å². The number of hydrogen-bond donors (Lipinski definition) is 0. The molecule has 0 amide bonds. The Morgan fingerprint density at radius 2 is 0.552 bits per heavy atom. The lowest BCUT2D eigenvalue weighted by atomic mass is 9.71. The molecule has 7 aromatic rings. The van der Waals surface area contributed by atoms with Gasteiger partial charge in [-0.2, -0.15) is 0 Å². The van der Waals surface area contributed by atoms with Crippen LogP contribution in [0.15, 0.2) is 133 Å². The van der Waals surface area contributed by atoms with E-state index in [1.807, 2.05) is 0 Å². The molecule has 0 radical (unpaired) electrons. The van der Waals surface area contributed by atoms with Crippen LogP contribution in [-0.2, 0) is 21.7 Å². The molecule has 0 atom stereocenters. The summed E-state index contributed by atoms with van der Waals surface area (Å²) in [4.78, 5) is 0. The van der Waals surface area contributed by atoms with Crippen LogP contribution in [0.3, 0.4) is 0 Å². The molecule has 0 bridgehead atoms. The molecule has 4 aliphatic carbocycles. The molecule has 0 aromatic heterocycles. The third-order valence-electron chi connectivity index (χ3n) is 14.7. The molecule has 0 aliphatic heterocycles. The van der Waals surface area contributed by atoms with Crippen LogP contribution in [0.25, 0.3) is 68.1 Å². The molecular weight excluding hydrogens is 697 g/mol. The Balaban J connectivity index is 1.26. The van der Waals surface area contributed by atoms with Crippen molar-refractivity contribution in [2.45, 2.75) is 77.0 Å². The monoisotopic (exact) mass is 746 g/mol. The Labute approximate surface area is 344 Å². The van der Waals surface area contributed by atoms with Crippen molar-refractivity contribution in [1.29, 1.82) is 0 Å². The molecule has 0 saturated heterocycles. The van der Waals surface area contributed by atoms with Gasteiger partial charge >= 0.3 is 0 Å². The van der Waals surface area contributed by atoms with Gasteiger partial charge in [0, 0.05) is 21.7 Å². The SMILES string of the molecule is CC1(C)C(c2ccc3c(C4=Cc5ccccc5C4(C)C)c4cc(C5=Cc6ccccc6C5(C)C)ccc4c(C4=Cc5ccccc5C4(C)C)c3c2)=Cc2ccccc21. The van der Waals surface area contributed by atoms with E-state index in [0.29, 0.717) is 0 Å². The number of fused-ring (bicyclic) bond motifs is 6. The highest BCUT2D eigenvalue weighted by Gasteiger charge is 2.40. The van der Waals surface area contributed by atoms with Gasteiger partial charge in [-0.05, 0) is 147 Å². The van der Waals surface area contributed by atoms with Gasteiger partial charge < -0.3 is 0 Å². The maximum atomic E-state index is 2.55. The molecule has 11 rings (SSSR count). The van der Waals surface area contributed by atoms with E-state index in [0.717, 1.165) is 0 Å². The molecular formula is C58H50. The zero-order valence-electron chi connectivity index (χ0n) is 35.0. The molecule has 0 fully saturated rings. The maximum absolute atomic E-state index is 2.55. The summed E-state index contributed by atoms with van der Waals surface area (Å²) in [5.74, 6) is 0. The minimum atomic E-state index is -0.186. The summed E-state index contributed by atoms with van der Waals surface area (Å²) in [7, 11) is 0. The van der Waals surface area contributed by atoms with Crippen molar-refractivity contribution in [1.82, 2.24) is 0 Å². The van der Waals surface area contributed by atoms with E-state index in [-0.39, 0.29) is 21.7 Å². The Hall–Kier alpha value is -5.98. The van der Waals surface area contributed by atoms with Crippen molar-refractivity contribution in [3.8, 4) is 0 Å². The van der Waals surface area contributed by atoms with Gasteiger partial charge in [0.2, 0.25) is 0 Å². The third kappa shape index (κ3) is 4.69. The molecule has 0 heterocycles. The van der Waals surface area contributed by atoms with Crippen molar-refractivity contribution in [2.24, 2.45) is 0 Å². The summed E-state index contributed by atoms with van der Waals surface area (Å²) < 4.78 is 0. The second kappa shape index (κ2) is 11.8. The molecule has 4 aliphatic rings.